The minimum atomic E-state index is -1.26. The lowest BCUT2D eigenvalue weighted by Crippen LogP contribution is -2.34. The summed E-state index contributed by atoms with van der Waals surface area (Å²) >= 11 is 0. The van der Waals surface area contributed by atoms with Crippen LogP contribution in [0.3, 0.4) is 0 Å². The van der Waals surface area contributed by atoms with E-state index in [1.807, 2.05) is 0 Å². The number of hydrogen-bond donors (Lipinski definition) is 3. The molecular weight excluding hydrogens is 112 g/mol. The Morgan fingerprint density at radius 2 is 2.25 bits per heavy atom. The zero-order valence-corrected chi connectivity index (χ0v) is 4.40. The lowest BCUT2D eigenvalue weighted by atomic mass is 10.3. The highest BCUT2D eigenvalue weighted by molar-refractivity contribution is 4.62. The van der Waals surface area contributed by atoms with Gasteiger partial charge in [0.05, 0.1) is 0 Å². The molecule has 0 aromatic heterocycles. The van der Waals surface area contributed by atoms with E-state index in [4.69, 9.17) is 10.3 Å². The predicted octanol–water partition coefficient (Wildman–Crippen LogP) is -0.562. The van der Waals surface area contributed by atoms with Crippen molar-refractivity contribution in [3.8, 4) is 0 Å². The summed E-state index contributed by atoms with van der Waals surface area (Å²) in [5.74, 6) is 0. The minimum Gasteiger partial charge on any atom is -0.374 e. The van der Waals surface area contributed by atoms with E-state index >= 15 is 0 Å². The number of nitrogens with zero attached hydrogens (tertiary/aromatic N) is 1. The number of hydrogen-bond acceptors (Lipinski definition) is 5. The molecule has 5 heteroatoms. The fourth-order valence-corrected chi connectivity index (χ4v) is 0.166. The first-order valence-electron chi connectivity index (χ1n) is 2.12. The second-order valence-corrected chi connectivity index (χ2v) is 1.42. The van der Waals surface area contributed by atoms with Crippen LogP contribution in [0.15, 0.2) is 5.18 Å². The monoisotopic (exact) mass is 120 g/mol. The lowest BCUT2D eigenvalue weighted by Gasteiger charge is -2.07. The summed E-state index contributed by atoms with van der Waals surface area (Å²) in [6.45, 7) is 1.38. The summed E-state index contributed by atoms with van der Waals surface area (Å²) in [6.07, 6.45) is -1.26. The molecule has 0 spiro atoms. The Labute approximate surface area is 46.3 Å². The molecule has 0 fully saturated rings. The molecule has 0 saturated carbocycles. The van der Waals surface area contributed by atoms with Gasteiger partial charge in [-0.25, -0.2) is 0 Å². The van der Waals surface area contributed by atoms with Gasteiger partial charge in [0.15, 0.2) is 6.23 Å². The van der Waals surface area contributed by atoms with E-state index in [9.17, 15) is 4.91 Å². The Kier molecular flexibility index (Phi) is 3.25. The van der Waals surface area contributed by atoms with Crippen LogP contribution in [0.5, 0.6) is 0 Å². The van der Waals surface area contributed by atoms with Gasteiger partial charge >= 0.3 is 0 Å². The highest BCUT2D eigenvalue weighted by Gasteiger charge is 2.11. The third kappa shape index (κ3) is 1.97. The van der Waals surface area contributed by atoms with E-state index in [1.165, 1.54) is 12.4 Å². The molecule has 0 saturated heterocycles. The van der Waals surface area contributed by atoms with Crippen LogP contribution in [0.2, 0.25) is 0 Å². The summed E-state index contributed by atoms with van der Waals surface area (Å²) in [5.41, 5.74) is 1.48. The first kappa shape index (κ1) is 7.48. The first-order chi connectivity index (χ1) is 3.72. The fourth-order valence-electron chi connectivity index (χ4n) is 0.166. The standard InChI is InChI=1S/C3H8N2O3/c1-2(4-7)3(6)5-8/h2-3,5-6,8H,1H3. The molecule has 8 heavy (non-hydrogen) atoms. The maximum Gasteiger partial charge on any atom is 0.152 e. The molecule has 0 aliphatic carbocycles. The third-order valence-electron chi connectivity index (χ3n) is 0.755. The summed E-state index contributed by atoms with van der Waals surface area (Å²) in [5, 5.41) is 18.8. The van der Waals surface area contributed by atoms with E-state index in [1.54, 1.807) is 0 Å². The van der Waals surface area contributed by atoms with Gasteiger partial charge in [0.25, 0.3) is 0 Å². The van der Waals surface area contributed by atoms with Gasteiger partial charge in [-0.15, -0.1) is 0 Å². The smallest absolute Gasteiger partial charge is 0.152 e. The highest BCUT2D eigenvalue weighted by atomic mass is 16.5. The Hall–Kier alpha value is -0.520. The number of hydroxylamine groups is 1. The van der Waals surface area contributed by atoms with Crippen molar-refractivity contribution in [1.29, 1.82) is 0 Å². The fraction of sp³-hybridized carbons (Fsp3) is 1.00. The Bertz CT molecular complexity index is 76.9. The van der Waals surface area contributed by atoms with Crippen LogP contribution in [0, 0.1) is 4.91 Å². The molecule has 2 atom stereocenters. The van der Waals surface area contributed by atoms with Gasteiger partial charge < -0.3 is 10.3 Å². The normalized spacial score (nSPS) is 17.4. The van der Waals surface area contributed by atoms with Crippen LogP contribution in [-0.4, -0.2) is 22.6 Å². The van der Waals surface area contributed by atoms with Crippen molar-refractivity contribution in [2.75, 3.05) is 0 Å². The maximum absolute atomic E-state index is 9.54. The SMILES string of the molecule is CC(N=O)C(O)NO. The molecule has 0 aromatic rings. The Balaban J connectivity index is 3.44. The van der Waals surface area contributed by atoms with Crippen molar-refractivity contribution in [3.05, 3.63) is 4.91 Å². The van der Waals surface area contributed by atoms with Crippen LogP contribution >= 0.6 is 0 Å². The van der Waals surface area contributed by atoms with Gasteiger partial charge in [0.1, 0.15) is 6.04 Å². The summed E-state index contributed by atoms with van der Waals surface area (Å²) in [7, 11) is 0. The van der Waals surface area contributed by atoms with Crippen LogP contribution in [-0.2, 0) is 0 Å². The van der Waals surface area contributed by atoms with Gasteiger partial charge in [0, 0.05) is 0 Å². The zero-order valence-electron chi connectivity index (χ0n) is 4.40. The van der Waals surface area contributed by atoms with Crippen LogP contribution in [0.1, 0.15) is 6.92 Å². The molecule has 0 rings (SSSR count). The van der Waals surface area contributed by atoms with Crippen molar-refractivity contribution in [3.63, 3.8) is 0 Å². The predicted molar refractivity (Wildman–Crippen MR) is 26.2 cm³/mol. The van der Waals surface area contributed by atoms with Gasteiger partial charge in [-0.05, 0) is 6.92 Å². The molecule has 0 radical (unpaired) electrons. The molecule has 5 nitrogen and oxygen atoms in total. The minimum absolute atomic E-state index is 0.819. The van der Waals surface area contributed by atoms with Crippen molar-refractivity contribution >= 4 is 0 Å². The van der Waals surface area contributed by atoms with Crippen molar-refractivity contribution in [2.24, 2.45) is 5.18 Å². The van der Waals surface area contributed by atoms with Crippen molar-refractivity contribution in [2.45, 2.75) is 19.2 Å². The van der Waals surface area contributed by atoms with Gasteiger partial charge in [-0.2, -0.15) is 10.4 Å². The van der Waals surface area contributed by atoms with E-state index in [0.717, 1.165) is 0 Å². The summed E-state index contributed by atoms with van der Waals surface area (Å²) in [4.78, 5) is 9.54. The topological polar surface area (TPSA) is 81.9 Å². The molecule has 0 aromatic carbocycles. The molecule has 48 valence electrons. The molecule has 0 heterocycles. The average Bonchev–Trinajstić information content (AvgIpc) is 1.84. The zero-order chi connectivity index (χ0) is 6.57. The number of nitrogens with one attached hydrogen (secondary N) is 1. The average molecular weight is 120 g/mol. The van der Waals surface area contributed by atoms with Crippen molar-refractivity contribution in [1.82, 2.24) is 5.48 Å². The molecule has 0 aliphatic heterocycles. The van der Waals surface area contributed by atoms with E-state index in [0.29, 0.717) is 0 Å². The molecular formula is C3H8N2O3. The third-order valence-corrected chi connectivity index (χ3v) is 0.755. The number of nitroso groups, excluding NO2 is 1. The first-order valence-corrected chi connectivity index (χ1v) is 2.12. The highest BCUT2D eigenvalue weighted by Crippen LogP contribution is 1.90. The molecule has 3 N–H and O–H groups in total. The largest absolute Gasteiger partial charge is 0.374 e. The molecule has 2 unspecified atom stereocenters. The van der Waals surface area contributed by atoms with Gasteiger partial charge in [0.2, 0.25) is 0 Å². The Morgan fingerprint density at radius 1 is 1.75 bits per heavy atom. The number of aliphatic hydroxyl groups excluding tert-OH is 1. The molecule has 0 amide bonds. The summed E-state index contributed by atoms with van der Waals surface area (Å²) in [6, 6.07) is -0.819. The summed E-state index contributed by atoms with van der Waals surface area (Å²) < 4.78 is 0. The van der Waals surface area contributed by atoms with Gasteiger partial charge in [-0.3, -0.25) is 0 Å². The van der Waals surface area contributed by atoms with E-state index in [-0.39, 0.29) is 0 Å². The lowest BCUT2D eigenvalue weighted by molar-refractivity contribution is -0.00932. The molecule has 0 bridgehead atoms. The number of aliphatic hydroxyl groups is 1. The quantitative estimate of drug-likeness (QED) is 0.265. The van der Waals surface area contributed by atoms with Gasteiger partial charge in [-0.1, -0.05) is 5.18 Å². The maximum atomic E-state index is 9.54. The van der Waals surface area contributed by atoms with E-state index in [2.05, 4.69) is 5.18 Å². The van der Waals surface area contributed by atoms with Crippen LogP contribution in [0.4, 0.5) is 0 Å². The molecule has 0 aliphatic rings. The second kappa shape index (κ2) is 3.48. The second-order valence-electron chi connectivity index (χ2n) is 1.42. The Morgan fingerprint density at radius 3 is 2.38 bits per heavy atom. The van der Waals surface area contributed by atoms with E-state index < -0.39 is 12.3 Å². The van der Waals surface area contributed by atoms with Crippen molar-refractivity contribution < 1.29 is 10.3 Å². The van der Waals surface area contributed by atoms with Crippen LogP contribution in [0.25, 0.3) is 0 Å². The number of rotatable bonds is 3. The van der Waals surface area contributed by atoms with Crippen LogP contribution < -0.4 is 5.48 Å².